The number of nitrogens with two attached hydrogens (primary N) is 1. The first-order valence-electron chi connectivity index (χ1n) is 10.5. The van der Waals surface area contributed by atoms with Crippen LogP contribution in [0, 0.1) is 11.3 Å². The molecule has 1 heterocycles. The van der Waals surface area contributed by atoms with E-state index in [-0.39, 0.29) is 24.4 Å². The molecule has 3 aromatic carbocycles. The molecule has 162 valence electrons. The minimum Gasteiger partial charge on any atom is -0.397 e. The molecule has 0 bridgehead atoms. The number of para-hydroxylation sites is 2. The van der Waals surface area contributed by atoms with Crippen molar-refractivity contribution in [3.05, 3.63) is 107 Å². The van der Waals surface area contributed by atoms with Crippen molar-refractivity contribution in [1.82, 2.24) is 4.57 Å². The maximum absolute atomic E-state index is 13.4. The van der Waals surface area contributed by atoms with E-state index in [4.69, 9.17) is 5.73 Å². The molecule has 6 nitrogen and oxygen atoms in total. The molecule has 0 unspecified atom stereocenters. The van der Waals surface area contributed by atoms with Crippen molar-refractivity contribution in [3.8, 4) is 28.5 Å². The number of nitrogen functional groups attached to an aromatic ring is 1. The van der Waals surface area contributed by atoms with E-state index in [0.29, 0.717) is 22.6 Å². The minimum absolute atomic E-state index is 0.0453. The summed E-state index contributed by atoms with van der Waals surface area (Å²) in [6, 6.07) is 29.7. The number of aromatic nitrogens is 1. The largest absolute Gasteiger partial charge is 0.397 e. The zero-order valence-electron chi connectivity index (χ0n) is 17.9. The number of pyridine rings is 1. The lowest BCUT2D eigenvalue weighted by atomic mass is 9.98. The van der Waals surface area contributed by atoms with E-state index in [9.17, 15) is 14.9 Å². The molecule has 0 spiro atoms. The smallest absolute Gasteiger partial charge is 0.269 e. The second kappa shape index (κ2) is 9.67. The lowest BCUT2D eigenvalue weighted by Crippen LogP contribution is -2.27. The standard InChI is InChI=1S/C27H22N4O2/c28-18-22-21(19-9-3-1-4-10-19)17-25(20-11-5-2-6-12-20)31(27(22)33)16-15-26(32)30-24-14-8-7-13-23(24)29/h1-14,17H,15-16,29H2,(H,30,32). The van der Waals surface area contributed by atoms with Gasteiger partial charge in [-0.1, -0.05) is 72.8 Å². The van der Waals surface area contributed by atoms with Crippen LogP contribution < -0.4 is 16.6 Å². The summed E-state index contributed by atoms with van der Waals surface area (Å²) in [6.07, 6.45) is 0.0453. The molecule has 3 N–H and O–H groups in total. The Kier molecular flexibility index (Phi) is 6.33. The van der Waals surface area contributed by atoms with Gasteiger partial charge in [0.05, 0.1) is 17.1 Å². The Morgan fingerprint density at radius 2 is 1.52 bits per heavy atom. The first-order valence-corrected chi connectivity index (χ1v) is 10.5. The Labute approximate surface area is 191 Å². The number of nitrogens with zero attached hydrogens (tertiary/aromatic N) is 2. The third-order valence-corrected chi connectivity index (χ3v) is 5.36. The number of carbonyl (C=O) groups excluding carboxylic acids is 1. The number of nitriles is 1. The minimum atomic E-state index is -0.426. The van der Waals surface area contributed by atoms with Crippen LogP contribution in [-0.4, -0.2) is 10.5 Å². The van der Waals surface area contributed by atoms with Crippen molar-refractivity contribution < 1.29 is 4.79 Å². The predicted molar refractivity (Wildman–Crippen MR) is 130 cm³/mol. The van der Waals surface area contributed by atoms with Gasteiger partial charge in [0, 0.05) is 18.5 Å². The van der Waals surface area contributed by atoms with Crippen molar-refractivity contribution in [1.29, 1.82) is 5.26 Å². The van der Waals surface area contributed by atoms with Crippen LogP contribution in [0.2, 0.25) is 0 Å². The molecule has 33 heavy (non-hydrogen) atoms. The third kappa shape index (κ3) is 4.68. The fourth-order valence-corrected chi connectivity index (χ4v) is 3.71. The van der Waals surface area contributed by atoms with Gasteiger partial charge in [-0.2, -0.15) is 5.26 Å². The highest BCUT2D eigenvalue weighted by molar-refractivity contribution is 5.93. The fourth-order valence-electron chi connectivity index (χ4n) is 3.71. The van der Waals surface area contributed by atoms with E-state index in [1.54, 1.807) is 24.3 Å². The Bertz CT molecular complexity index is 1390. The molecule has 0 atom stereocenters. The van der Waals surface area contributed by atoms with Crippen LogP contribution in [0.15, 0.2) is 95.8 Å². The van der Waals surface area contributed by atoms with E-state index >= 15 is 0 Å². The quantitative estimate of drug-likeness (QED) is 0.431. The molecular weight excluding hydrogens is 412 g/mol. The number of hydrogen-bond donors (Lipinski definition) is 2. The van der Waals surface area contributed by atoms with Crippen LogP contribution in [0.25, 0.3) is 22.4 Å². The number of rotatable bonds is 6. The van der Waals surface area contributed by atoms with Gasteiger partial charge in [-0.25, -0.2) is 0 Å². The van der Waals surface area contributed by atoms with Gasteiger partial charge in [-0.05, 0) is 29.3 Å². The number of amides is 1. The summed E-state index contributed by atoms with van der Waals surface area (Å²) in [6.45, 7) is 0.116. The molecule has 1 amide bonds. The van der Waals surface area contributed by atoms with E-state index in [0.717, 1.165) is 11.1 Å². The highest BCUT2D eigenvalue weighted by Crippen LogP contribution is 2.28. The summed E-state index contributed by atoms with van der Waals surface area (Å²) in [5, 5.41) is 12.6. The first-order chi connectivity index (χ1) is 16.1. The Hall–Kier alpha value is -4.63. The SMILES string of the molecule is N#Cc1c(-c2ccccc2)cc(-c2ccccc2)n(CCC(=O)Nc2ccccc2N)c1=O. The van der Waals surface area contributed by atoms with Crippen molar-refractivity contribution in [2.45, 2.75) is 13.0 Å². The highest BCUT2D eigenvalue weighted by Gasteiger charge is 2.18. The van der Waals surface area contributed by atoms with Crippen LogP contribution in [0.5, 0.6) is 0 Å². The van der Waals surface area contributed by atoms with Gasteiger partial charge in [-0.3, -0.25) is 9.59 Å². The number of carbonyl (C=O) groups is 1. The van der Waals surface area contributed by atoms with Gasteiger partial charge in [0.25, 0.3) is 5.56 Å². The van der Waals surface area contributed by atoms with Gasteiger partial charge >= 0.3 is 0 Å². The summed E-state index contributed by atoms with van der Waals surface area (Å²) >= 11 is 0. The van der Waals surface area contributed by atoms with E-state index < -0.39 is 5.56 Å². The van der Waals surface area contributed by atoms with Gasteiger partial charge in [-0.15, -0.1) is 0 Å². The monoisotopic (exact) mass is 434 g/mol. The second-order valence-corrected chi connectivity index (χ2v) is 7.50. The molecule has 0 aliphatic rings. The zero-order valence-corrected chi connectivity index (χ0v) is 17.9. The molecule has 4 rings (SSSR count). The predicted octanol–water partition coefficient (Wildman–Crippen LogP) is 4.66. The van der Waals surface area contributed by atoms with Crippen LogP contribution >= 0.6 is 0 Å². The summed E-state index contributed by atoms with van der Waals surface area (Å²) in [4.78, 5) is 26.0. The molecule has 0 aliphatic carbocycles. The molecular formula is C27H22N4O2. The van der Waals surface area contributed by atoms with E-state index in [1.807, 2.05) is 66.7 Å². The lowest BCUT2D eigenvalue weighted by molar-refractivity contribution is -0.116. The topological polar surface area (TPSA) is 101 Å². The normalized spacial score (nSPS) is 10.4. The fraction of sp³-hybridized carbons (Fsp3) is 0.0741. The van der Waals surface area contributed by atoms with Crippen LogP contribution in [0.3, 0.4) is 0 Å². The molecule has 0 radical (unpaired) electrons. The van der Waals surface area contributed by atoms with Gasteiger partial charge in [0.1, 0.15) is 11.6 Å². The van der Waals surface area contributed by atoms with Crippen LogP contribution in [0.1, 0.15) is 12.0 Å². The van der Waals surface area contributed by atoms with E-state index in [2.05, 4.69) is 11.4 Å². The number of anilines is 2. The molecule has 0 aliphatic heterocycles. The third-order valence-electron chi connectivity index (χ3n) is 5.36. The van der Waals surface area contributed by atoms with Crippen molar-refractivity contribution in [2.24, 2.45) is 0 Å². The Balaban J connectivity index is 1.74. The molecule has 1 aromatic heterocycles. The molecule has 0 saturated heterocycles. The van der Waals surface area contributed by atoms with Crippen molar-refractivity contribution in [2.75, 3.05) is 11.1 Å². The maximum Gasteiger partial charge on any atom is 0.269 e. The summed E-state index contributed by atoms with van der Waals surface area (Å²) < 4.78 is 1.49. The Morgan fingerprint density at radius 3 is 2.15 bits per heavy atom. The average Bonchev–Trinajstić information content (AvgIpc) is 2.85. The van der Waals surface area contributed by atoms with Crippen LogP contribution in [0.4, 0.5) is 11.4 Å². The molecule has 6 heteroatoms. The number of benzene rings is 3. The number of nitrogens with one attached hydrogen (secondary N) is 1. The van der Waals surface area contributed by atoms with Crippen molar-refractivity contribution in [3.63, 3.8) is 0 Å². The lowest BCUT2D eigenvalue weighted by Gasteiger charge is -2.17. The van der Waals surface area contributed by atoms with Crippen LogP contribution in [-0.2, 0) is 11.3 Å². The summed E-state index contributed by atoms with van der Waals surface area (Å²) in [5.41, 5.74) is 9.34. The molecule has 0 saturated carbocycles. The second-order valence-electron chi connectivity index (χ2n) is 7.50. The summed E-state index contributed by atoms with van der Waals surface area (Å²) in [5.74, 6) is -0.274. The first kappa shape index (κ1) is 21.6. The zero-order chi connectivity index (χ0) is 23.2. The van der Waals surface area contributed by atoms with Gasteiger partial charge in [0.15, 0.2) is 0 Å². The van der Waals surface area contributed by atoms with Gasteiger partial charge in [0.2, 0.25) is 5.91 Å². The van der Waals surface area contributed by atoms with Crippen molar-refractivity contribution >= 4 is 17.3 Å². The average molecular weight is 434 g/mol. The summed E-state index contributed by atoms with van der Waals surface area (Å²) in [7, 11) is 0. The number of hydrogen-bond acceptors (Lipinski definition) is 4. The molecule has 4 aromatic rings. The maximum atomic E-state index is 13.4. The highest BCUT2D eigenvalue weighted by atomic mass is 16.2. The van der Waals surface area contributed by atoms with E-state index in [1.165, 1.54) is 4.57 Å². The van der Waals surface area contributed by atoms with Gasteiger partial charge < -0.3 is 15.6 Å². The molecule has 0 fully saturated rings. The Morgan fingerprint density at radius 1 is 0.909 bits per heavy atom.